The molecule has 1 aromatic carbocycles. The number of alkyl halides is 3. The van der Waals surface area contributed by atoms with Crippen molar-refractivity contribution in [3.05, 3.63) is 29.3 Å². The Labute approximate surface area is 92.2 Å². The van der Waals surface area contributed by atoms with Crippen LogP contribution in [-0.2, 0) is 12.6 Å². The number of aryl methyl sites for hydroxylation is 1. The zero-order valence-corrected chi connectivity index (χ0v) is 8.77. The van der Waals surface area contributed by atoms with Crippen LogP contribution in [0.15, 0.2) is 18.2 Å². The quantitative estimate of drug-likeness (QED) is 0.721. The van der Waals surface area contributed by atoms with Crippen molar-refractivity contribution in [2.24, 2.45) is 0 Å². The molecule has 0 heterocycles. The Kier molecular flexibility index (Phi) is 3.83. The zero-order valence-electron chi connectivity index (χ0n) is 8.77. The highest BCUT2D eigenvalue weighted by atomic mass is 19.4. The number of hydrogen-bond donors (Lipinski definition) is 0. The molecule has 0 amide bonds. The molecule has 0 bridgehead atoms. The van der Waals surface area contributed by atoms with E-state index in [1.54, 1.807) is 0 Å². The van der Waals surface area contributed by atoms with Crippen LogP contribution in [0.1, 0.15) is 17.5 Å². The van der Waals surface area contributed by atoms with Gasteiger partial charge in [-0.25, -0.2) is 0 Å². The van der Waals surface area contributed by atoms with Crippen LogP contribution in [0.5, 0.6) is 5.75 Å². The average molecular weight is 228 g/mol. The Morgan fingerprint density at radius 3 is 2.56 bits per heavy atom. The molecule has 0 spiro atoms. The van der Waals surface area contributed by atoms with Gasteiger partial charge in [-0.15, -0.1) is 12.3 Å². The minimum absolute atomic E-state index is 0.191. The van der Waals surface area contributed by atoms with Crippen molar-refractivity contribution in [3.8, 4) is 18.1 Å². The monoisotopic (exact) mass is 228 g/mol. The molecular formula is C12H11F3O. The lowest BCUT2D eigenvalue weighted by molar-refractivity contribution is -0.138. The summed E-state index contributed by atoms with van der Waals surface area (Å²) in [6, 6.07) is 3.89. The van der Waals surface area contributed by atoms with Crippen molar-refractivity contribution in [2.45, 2.75) is 19.0 Å². The molecule has 0 radical (unpaired) electrons. The molecule has 0 unspecified atom stereocenters. The third-order valence-electron chi connectivity index (χ3n) is 2.16. The van der Waals surface area contributed by atoms with Gasteiger partial charge in [0.05, 0.1) is 12.7 Å². The van der Waals surface area contributed by atoms with Gasteiger partial charge >= 0.3 is 6.18 Å². The second kappa shape index (κ2) is 4.93. The van der Waals surface area contributed by atoms with Crippen molar-refractivity contribution in [3.63, 3.8) is 0 Å². The summed E-state index contributed by atoms with van der Waals surface area (Å²) in [5.74, 6) is 2.52. The van der Waals surface area contributed by atoms with E-state index in [1.807, 2.05) is 0 Å². The maximum atomic E-state index is 12.7. The predicted molar refractivity (Wildman–Crippen MR) is 55.2 cm³/mol. The molecule has 0 fully saturated rings. The van der Waals surface area contributed by atoms with Crippen LogP contribution in [-0.4, -0.2) is 7.11 Å². The highest BCUT2D eigenvalue weighted by Crippen LogP contribution is 2.34. The van der Waals surface area contributed by atoms with E-state index >= 15 is 0 Å². The SMILES string of the molecule is C#CCCc1ccc(OC)cc1C(F)(F)F. The molecule has 0 N–H and O–H groups in total. The van der Waals surface area contributed by atoms with E-state index in [4.69, 9.17) is 11.2 Å². The van der Waals surface area contributed by atoms with Crippen LogP contribution >= 0.6 is 0 Å². The van der Waals surface area contributed by atoms with Gasteiger partial charge in [0.25, 0.3) is 0 Å². The van der Waals surface area contributed by atoms with Crippen LogP contribution in [0.4, 0.5) is 13.2 Å². The standard InChI is InChI=1S/C12H11F3O/c1-3-4-5-9-6-7-10(16-2)8-11(9)12(13,14)15/h1,6-8H,4-5H2,2H3. The minimum atomic E-state index is -4.38. The number of rotatable bonds is 3. The Bertz CT molecular complexity index is 402. The van der Waals surface area contributed by atoms with Crippen LogP contribution in [0, 0.1) is 12.3 Å². The summed E-state index contributed by atoms with van der Waals surface area (Å²) < 4.78 is 42.8. The lowest BCUT2D eigenvalue weighted by Crippen LogP contribution is -2.09. The summed E-state index contributed by atoms with van der Waals surface area (Å²) in [4.78, 5) is 0. The number of halogens is 3. The van der Waals surface area contributed by atoms with Crippen molar-refractivity contribution in [1.29, 1.82) is 0 Å². The van der Waals surface area contributed by atoms with E-state index in [2.05, 4.69) is 5.92 Å². The zero-order chi connectivity index (χ0) is 12.2. The molecule has 0 saturated heterocycles. The molecule has 0 atom stereocenters. The fraction of sp³-hybridized carbons (Fsp3) is 0.333. The summed E-state index contributed by atoms with van der Waals surface area (Å²) in [7, 11) is 1.33. The first-order valence-electron chi connectivity index (χ1n) is 4.66. The third kappa shape index (κ3) is 2.93. The summed E-state index contributed by atoms with van der Waals surface area (Å²) in [5.41, 5.74) is -0.478. The number of benzene rings is 1. The van der Waals surface area contributed by atoms with Gasteiger partial charge in [0.15, 0.2) is 0 Å². The Morgan fingerprint density at radius 2 is 2.06 bits per heavy atom. The number of terminal acetylenes is 1. The molecule has 0 saturated carbocycles. The number of methoxy groups -OCH3 is 1. The smallest absolute Gasteiger partial charge is 0.416 e. The van der Waals surface area contributed by atoms with Crippen molar-refractivity contribution in [2.75, 3.05) is 7.11 Å². The predicted octanol–water partition coefficient (Wildman–Crippen LogP) is 3.28. The van der Waals surface area contributed by atoms with E-state index in [1.165, 1.54) is 19.2 Å². The number of ether oxygens (including phenoxy) is 1. The summed E-state index contributed by atoms with van der Waals surface area (Å²) >= 11 is 0. The van der Waals surface area contributed by atoms with E-state index in [0.717, 1.165) is 6.07 Å². The molecule has 0 aromatic heterocycles. The molecular weight excluding hydrogens is 217 g/mol. The largest absolute Gasteiger partial charge is 0.497 e. The molecule has 1 aromatic rings. The van der Waals surface area contributed by atoms with Gasteiger partial charge in [0.2, 0.25) is 0 Å². The van der Waals surface area contributed by atoms with Crippen LogP contribution in [0.25, 0.3) is 0 Å². The Morgan fingerprint density at radius 1 is 1.38 bits per heavy atom. The first-order valence-corrected chi connectivity index (χ1v) is 4.66. The molecule has 86 valence electrons. The summed E-state index contributed by atoms with van der Waals surface area (Å²) in [5, 5.41) is 0. The highest BCUT2D eigenvalue weighted by Gasteiger charge is 2.33. The van der Waals surface area contributed by atoms with Gasteiger partial charge in [-0.05, 0) is 24.1 Å². The van der Waals surface area contributed by atoms with E-state index in [9.17, 15) is 13.2 Å². The van der Waals surface area contributed by atoms with Crippen molar-refractivity contribution in [1.82, 2.24) is 0 Å². The fourth-order valence-electron chi connectivity index (χ4n) is 1.37. The van der Waals surface area contributed by atoms with Crippen molar-refractivity contribution >= 4 is 0 Å². The Hall–Kier alpha value is -1.63. The summed E-state index contributed by atoms with van der Waals surface area (Å²) in [6.07, 6.45) is 1.16. The molecule has 0 aliphatic rings. The van der Waals surface area contributed by atoms with Crippen LogP contribution in [0.3, 0.4) is 0 Å². The van der Waals surface area contributed by atoms with Gasteiger partial charge in [-0.3, -0.25) is 0 Å². The minimum Gasteiger partial charge on any atom is -0.497 e. The van der Waals surface area contributed by atoms with Gasteiger partial charge < -0.3 is 4.74 Å². The average Bonchev–Trinajstić information content (AvgIpc) is 2.25. The third-order valence-corrected chi connectivity index (χ3v) is 2.16. The first kappa shape index (κ1) is 12.4. The maximum absolute atomic E-state index is 12.7. The first-order chi connectivity index (χ1) is 7.49. The molecule has 1 nitrogen and oxygen atoms in total. The van der Waals surface area contributed by atoms with Gasteiger partial charge in [-0.1, -0.05) is 6.07 Å². The lowest BCUT2D eigenvalue weighted by Gasteiger charge is -2.13. The van der Waals surface area contributed by atoms with Crippen LogP contribution in [0.2, 0.25) is 0 Å². The van der Waals surface area contributed by atoms with E-state index < -0.39 is 11.7 Å². The lowest BCUT2D eigenvalue weighted by atomic mass is 10.0. The Balaban J connectivity index is 3.12. The second-order valence-corrected chi connectivity index (χ2v) is 3.22. The summed E-state index contributed by atoms with van der Waals surface area (Å²) in [6.45, 7) is 0. The molecule has 16 heavy (non-hydrogen) atoms. The van der Waals surface area contributed by atoms with Gasteiger partial charge in [-0.2, -0.15) is 13.2 Å². The van der Waals surface area contributed by atoms with E-state index in [0.29, 0.717) is 0 Å². The van der Waals surface area contributed by atoms with Gasteiger partial charge in [0, 0.05) is 6.42 Å². The maximum Gasteiger partial charge on any atom is 0.416 e. The molecule has 4 heteroatoms. The second-order valence-electron chi connectivity index (χ2n) is 3.22. The highest BCUT2D eigenvalue weighted by molar-refractivity contribution is 5.37. The molecule has 0 aliphatic heterocycles. The van der Waals surface area contributed by atoms with Crippen molar-refractivity contribution < 1.29 is 17.9 Å². The normalized spacial score (nSPS) is 10.9. The fourth-order valence-corrected chi connectivity index (χ4v) is 1.37. The van der Waals surface area contributed by atoms with Gasteiger partial charge in [0.1, 0.15) is 5.75 Å². The topological polar surface area (TPSA) is 9.23 Å². The number of hydrogen-bond acceptors (Lipinski definition) is 1. The van der Waals surface area contributed by atoms with Crippen LogP contribution < -0.4 is 4.74 Å². The van der Waals surface area contributed by atoms with E-state index in [-0.39, 0.29) is 24.2 Å². The molecule has 0 aliphatic carbocycles. The molecule has 1 rings (SSSR count).